The van der Waals surface area contributed by atoms with Crippen molar-refractivity contribution in [1.82, 2.24) is 10.0 Å². The molecule has 2 heterocycles. The van der Waals surface area contributed by atoms with Crippen molar-refractivity contribution in [3.05, 3.63) is 88.8 Å². The predicted molar refractivity (Wildman–Crippen MR) is 139 cm³/mol. The smallest absolute Gasteiger partial charge is 0.379 e. The Balaban J connectivity index is 1.40. The summed E-state index contributed by atoms with van der Waals surface area (Å²) in [6.45, 7) is 1.46. The summed E-state index contributed by atoms with van der Waals surface area (Å²) in [4.78, 5) is 65.9. The first-order valence-corrected chi connectivity index (χ1v) is 13.0. The van der Waals surface area contributed by atoms with Gasteiger partial charge in [-0.2, -0.15) is 5.01 Å². The summed E-state index contributed by atoms with van der Waals surface area (Å²) in [5.41, 5.74) is 0.255. The lowest BCUT2D eigenvalue weighted by atomic mass is 9.76. The van der Waals surface area contributed by atoms with Crippen LogP contribution in [0.5, 0.6) is 5.75 Å². The van der Waals surface area contributed by atoms with Crippen LogP contribution in [0.25, 0.3) is 0 Å². The van der Waals surface area contributed by atoms with E-state index < -0.39 is 47.9 Å². The van der Waals surface area contributed by atoms with E-state index in [-0.39, 0.29) is 33.6 Å². The fraction of sp³-hybridized carbons (Fsp3) is 0.276. The van der Waals surface area contributed by atoms with Crippen molar-refractivity contribution in [3.8, 4) is 5.75 Å². The molecule has 1 aliphatic carbocycles. The number of hydrogen-bond donors (Lipinski definition) is 0. The number of hydrazine groups is 1. The van der Waals surface area contributed by atoms with Crippen LogP contribution in [0.15, 0.2) is 71.3 Å². The number of rotatable bonds is 7. The van der Waals surface area contributed by atoms with Crippen molar-refractivity contribution in [3.63, 3.8) is 0 Å². The normalized spacial score (nSPS) is 20.5. The molecule has 0 N–H and O–H groups in total. The number of esters is 1. The molecule has 200 valence electrons. The van der Waals surface area contributed by atoms with E-state index in [9.17, 15) is 24.0 Å². The number of imide groups is 1. The number of nitrogens with zero attached hydrogens (tertiary/aromatic N) is 2. The molecule has 39 heavy (non-hydrogen) atoms. The molecule has 1 saturated heterocycles. The molecule has 3 amide bonds. The van der Waals surface area contributed by atoms with Gasteiger partial charge in [0.2, 0.25) is 5.76 Å². The second-order valence-electron chi connectivity index (χ2n) is 9.78. The highest BCUT2D eigenvalue weighted by molar-refractivity contribution is 6.34. The minimum atomic E-state index is -0.730. The Morgan fingerprint density at radius 3 is 2.38 bits per heavy atom. The number of Topliss-reactive ketones (excluding diaryl/α,β-unsaturated/α-hetero) is 1. The number of carbonyl (C=O) groups excluding carboxylic acids is 5. The first kappa shape index (κ1) is 26.4. The van der Waals surface area contributed by atoms with E-state index in [1.54, 1.807) is 18.2 Å². The summed E-state index contributed by atoms with van der Waals surface area (Å²) in [5.74, 6) is -3.48. The van der Waals surface area contributed by atoms with Crippen molar-refractivity contribution in [1.29, 1.82) is 0 Å². The lowest BCUT2D eigenvalue weighted by molar-refractivity contribution is -0.154. The number of hydrogen-bond acceptors (Lipinski definition) is 7. The maximum Gasteiger partial charge on any atom is 0.379 e. The highest BCUT2D eigenvalue weighted by Gasteiger charge is 2.53. The van der Waals surface area contributed by atoms with Crippen LogP contribution in [0.3, 0.4) is 0 Å². The first-order valence-electron chi connectivity index (χ1n) is 12.6. The third-order valence-electron chi connectivity index (χ3n) is 7.15. The summed E-state index contributed by atoms with van der Waals surface area (Å²) in [5, 5.41) is 1.88. The molecule has 2 aromatic carbocycles. The van der Waals surface area contributed by atoms with Gasteiger partial charge in [0.25, 0.3) is 17.7 Å². The average molecular weight is 549 g/mol. The Morgan fingerprint density at radius 1 is 0.974 bits per heavy atom. The maximum atomic E-state index is 13.6. The van der Waals surface area contributed by atoms with Gasteiger partial charge >= 0.3 is 5.97 Å². The lowest BCUT2D eigenvalue weighted by Crippen LogP contribution is -2.52. The average Bonchev–Trinajstić information content (AvgIpc) is 3.55. The Kier molecular flexibility index (Phi) is 7.34. The molecule has 0 unspecified atom stereocenters. The molecule has 5 rings (SSSR count). The van der Waals surface area contributed by atoms with E-state index in [2.05, 4.69) is 0 Å². The van der Waals surface area contributed by atoms with Crippen LogP contribution in [0, 0.1) is 17.8 Å². The summed E-state index contributed by atoms with van der Waals surface area (Å²) in [7, 11) is 0. The minimum Gasteiger partial charge on any atom is -0.457 e. The molecule has 3 atom stereocenters. The topological polar surface area (TPSA) is 114 Å². The quantitative estimate of drug-likeness (QED) is 0.180. The highest BCUT2D eigenvalue weighted by Crippen LogP contribution is 2.41. The molecule has 0 spiro atoms. The van der Waals surface area contributed by atoms with Crippen LogP contribution in [-0.2, 0) is 9.59 Å². The van der Waals surface area contributed by atoms with Crippen molar-refractivity contribution in [2.45, 2.75) is 26.2 Å². The molecule has 9 nitrogen and oxygen atoms in total. The molecular weight excluding hydrogens is 524 g/mol. The lowest BCUT2D eigenvalue weighted by Gasteiger charge is -2.30. The number of ether oxygens (including phenoxy) is 1. The van der Waals surface area contributed by atoms with E-state index in [1.807, 2.05) is 6.92 Å². The molecule has 0 radical (unpaired) electrons. The van der Waals surface area contributed by atoms with E-state index in [0.29, 0.717) is 12.8 Å². The van der Waals surface area contributed by atoms with Gasteiger partial charge < -0.3 is 9.15 Å². The van der Waals surface area contributed by atoms with Crippen LogP contribution < -0.4 is 4.74 Å². The van der Waals surface area contributed by atoms with E-state index in [1.165, 1.54) is 48.7 Å². The second-order valence-corrected chi connectivity index (χ2v) is 10.2. The number of fused-ring (bicyclic) bond motifs is 1. The zero-order valence-corrected chi connectivity index (χ0v) is 21.8. The van der Waals surface area contributed by atoms with E-state index in [0.717, 1.165) is 16.4 Å². The molecule has 1 aliphatic heterocycles. The summed E-state index contributed by atoms with van der Waals surface area (Å²) < 4.78 is 10.2. The van der Waals surface area contributed by atoms with Crippen LogP contribution in [0.1, 0.15) is 57.5 Å². The maximum absolute atomic E-state index is 13.6. The van der Waals surface area contributed by atoms with Crippen molar-refractivity contribution in [2.75, 3.05) is 6.54 Å². The van der Waals surface area contributed by atoms with Gasteiger partial charge in [-0.05, 0) is 73.7 Å². The van der Waals surface area contributed by atoms with Crippen molar-refractivity contribution in [2.24, 2.45) is 17.8 Å². The SMILES string of the molecule is C[C@@H]1CC[C@@H]2C(=O)N(N(CC(=O)c3ccc(OC(=O)c4ccco4)cc3)C(=O)c3ccccc3Cl)C(=O)[C@H]2C1. The molecule has 3 aromatic rings. The van der Waals surface area contributed by atoms with Gasteiger partial charge in [0.1, 0.15) is 12.3 Å². The predicted octanol–water partition coefficient (Wildman–Crippen LogP) is 4.81. The second kappa shape index (κ2) is 10.9. The molecule has 2 fully saturated rings. The zero-order valence-electron chi connectivity index (χ0n) is 21.0. The first-order chi connectivity index (χ1) is 18.7. The van der Waals surface area contributed by atoms with Crippen LogP contribution in [0.4, 0.5) is 0 Å². The number of amides is 3. The highest BCUT2D eigenvalue weighted by atomic mass is 35.5. The van der Waals surface area contributed by atoms with Crippen molar-refractivity contribution >= 4 is 41.1 Å². The largest absolute Gasteiger partial charge is 0.457 e. The molecule has 10 heteroatoms. The standard InChI is InChI=1S/C29H25ClN2O7/c1-17-8-13-20-22(15-17)28(36)32(27(20)35)31(26(34)21-5-2-3-6-23(21)30)16-24(33)18-9-11-19(12-10-18)39-29(37)25-7-4-14-38-25/h2-7,9-12,14,17,20,22H,8,13,15-16H2,1H3/t17-,20+,22+/m1/s1. The van der Waals surface area contributed by atoms with Crippen LogP contribution in [0.2, 0.25) is 5.02 Å². The van der Waals surface area contributed by atoms with Gasteiger partial charge in [-0.1, -0.05) is 30.7 Å². The zero-order chi connectivity index (χ0) is 27.7. The Morgan fingerprint density at radius 2 is 1.69 bits per heavy atom. The summed E-state index contributed by atoms with van der Waals surface area (Å²) in [6, 6.07) is 15.0. The fourth-order valence-corrected chi connectivity index (χ4v) is 5.32. The fourth-order valence-electron chi connectivity index (χ4n) is 5.11. The van der Waals surface area contributed by atoms with E-state index in [4.69, 9.17) is 20.8 Å². The van der Waals surface area contributed by atoms with Gasteiger partial charge in [-0.3, -0.25) is 19.2 Å². The van der Waals surface area contributed by atoms with Gasteiger partial charge in [0.05, 0.1) is 28.7 Å². The Hall–Kier alpha value is -4.24. The van der Waals surface area contributed by atoms with Gasteiger partial charge in [-0.25, -0.2) is 9.80 Å². The molecule has 0 bridgehead atoms. The third kappa shape index (κ3) is 5.22. The minimum absolute atomic E-state index is 0.0267. The van der Waals surface area contributed by atoms with Crippen LogP contribution in [-0.4, -0.2) is 46.0 Å². The molecule has 2 aliphatic rings. The molecule has 1 aromatic heterocycles. The molecular formula is C29H25ClN2O7. The van der Waals surface area contributed by atoms with Crippen LogP contribution >= 0.6 is 11.6 Å². The number of benzene rings is 2. The number of ketones is 1. The number of furan rings is 1. The Bertz CT molecular complexity index is 1430. The van der Waals surface area contributed by atoms with Gasteiger partial charge in [-0.15, -0.1) is 0 Å². The van der Waals surface area contributed by atoms with E-state index >= 15 is 0 Å². The van der Waals surface area contributed by atoms with Crippen molar-refractivity contribution < 1.29 is 33.1 Å². The van der Waals surface area contributed by atoms with Gasteiger partial charge in [0.15, 0.2) is 5.78 Å². The monoisotopic (exact) mass is 548 g/mol. The Labute approximate surface area is 229 Å². The third-order valence-corrected chi connectivity index (χ3v) is 7.48. The number of carbonyl (C=O) groups is 5. The summed E-state index contributed by atoms with van der Waals surface area (Å²) >= 11 is 6.26. The molecule has 1 saturated carbocycles. The summed E-state index contributed by atoms with van der Waals surface area (Å²) in [6.07, 6.45) is 3.25. The number of halogens is 1. The van der Waals surface area contributed by atoms with Gasteiger partial charge in [0, 0.05) is 5.56 Å².